The van der Waals surface area contributed by atoms with Crippen LogP contribution in [0.4, 0.5) is 0 Å². The van der Waals surface area contributed by atoms with E-state index in [1.807, 2.05) is 0 Å². The highest BCUT2D eigenvalue weighted by molar-refractivity contribution is 7.86. The van der Waals surface area contributed by atoms with Gasteiger partial charge in [0.25, 0.3) is 20.2 Å². The van der Waals surface area contributed by atoms with Crippen LogP contribution in [0.15, 0.2) is 0 Å². The van der Waals surface area contributed by atoms with Crippen molar-refractivity contribution in [1.29, 1.82) is 0 Å². The van der Waals surface area contributed by atoms with E-state index in [1.165, 1.54) is 0 Å². The van der Waals surface area contributed by atoms with Crippen LogP contribution in [0.2, 0.25) is 0 Å². The van der Waals surface area contributed by atoms with Gasteiger partial charge in [0.2, 0.25) is 0 Å². The summed E-state index contributed by atoms with van der Waals surface area (Å²) >= 11 is 0. The van der Waals surface area contributed by atoms with Gasteiger partial charge in [-0.25, -0.2) is 0 Å². The van der Waals surface area contributed by atoms with Crippen molar-refractivity contribution >= 4 is 20.2 Å². The number of ether oxygens (including phenoxy) is 4. The van der Waals surface area contributed by atoms with E-state index >= 15 is 0 Å². The lowest BCUT2D eigenvalue weighted by Gasteiger charge is -2.28. The third-order valence-electron chi connectivity index (χ3n) is 3.67. The van der Waals surface area contributed by atoms with Crippen molar-refractivity contribution in [3.05, 3.63) is 0 Å². The summed E-state index contributed by atoms with van der Waals surface area (Å²) in [6, 6.07) is 0. The first-order chi connectivity index (χ1) is 11.6. The fourth-order valence-corrected chi connectivity index (χ4v) is 3.86. The molecule has 0 saturated carbocycles. The van der Waals surface area contributed by atoms with E-state index in [0.29, 0.717) is 0 Å². The van der Waals surface area contributed by atoms with Gasteiger partial charge >= 0.3 is 0 Å². The zero-order valence-corrected chi connectivity index (χ0v) is 17.3. The van der Waals surface area contributed by atoms with E-state index in [4.69, 9.17) is 27.3 Å². The van der Waals surface area contributed by atoms with Crippen molar-refractivity contribution < 1.29 is 44.1 Å². The Balaban J connectivity index is 2.26. The minimum Gasteiger partial charge on any atom is -0.348 e. The van der Waals surface area contributed by atoms with Crippen LogP contribution in [0.25, 0.3) is 0 Å². The largest absolute Gasteiger partial charge is 0.348 e. The fraction of sp³-hybridized carbons (Fsp3) is 1.00. The van der Waals surface area contributed by atoms with Gasteiger partial charge in [-0.05, 0) is 27.7 Å². The Hall–Kier alpha value is -0.340. The normalized spacial score (nSPS) is 32.6. The van der Waals surface area contributed by atoms with Crippen LogP contribution >= 0.6 is 0 Å². The van der Waals surface area contributed by atoms with Gasteiger partial charge in [0, 0.05) is 0 Å². The number of hydrogen-bond donors (Lipinski definition) is 0. The Morgan fingerprint density at radius 1 is 0.962 bits per heavy atom. The maximum absolute atomic E-state index is 11.6. The molecule has 0 amide bonds. The average molecular weight is 418 g/mol. The summed E-state index contributed by atoms with van der Waals surface area (Å²) in [6.07, 6.45) is -1.80. The second-order valence-corrected chi connectivity index (χ2v) is 10.5. The SMILES string of the molecule is CC1(C)O[C@H]([C@H]2COC(C)(C)O2)[C@@H]([C@@H](COS(C)(=O)=O)OS(C)(=O)=O)O1. The predicted octanol–water partition coefficient (Wildman–Crippen LogP) is -0.0210. The van der Waals surface area contributed by atoms with E-state index in [-0.39, 0.29) is 6.61 Å². The Bertz CT molecular complexity index is 712. The predicted molar refractivity (Wildman–Crippen MR) is 89.2 cm³/mol. The summed E-state index contributed by atoms with van der Waals surface area (Å²) in [7, 11) is -7.73. The summed E-state index contributed by atoms with van der Waals surface area (Å²) in [4.78, 5) is 0. The molecule has 154 valence electrons. The summed E-state index contributed by atoms with van der Waals surface area (Å²) in [5.74, 6) is -1.89. The van der Waals surface area contributed by atoms with Gasteiger partial charge in [-0.1, -0.05) is 0 Å². The van der Waals surface area contributed by atoms with E-state index in [2.05, 4.69) is 0 Å². The van der Waals surface area contributed by atoms with Crippen molar-refractivity contribution in [2.24, 2.45) is 0 Å². The van der Waals surface area contributed by atoms with Gasteiger partial charge < -0.3 is 18.9 Å². The zero-order chi connectivity index (χ0) is 20.0. The van der Waals surface area contributed by atoms with E-state index in [1.54, 1.807) is 27.7 Å². The molecule has 0 aromatic carbocycles. The van der Waals surface area contributed by atoms with Crippen molar-refractivity contribution in [1.82, 2.24) is 0 Å². The highest BCUT2D eigenvalue weighted by Crippen LogP contribution is 2.37. The van der Waals surface area contributed by atoms with Crippen LogP contribution in [0.3, 0.4) is 0 Å². The first-order valence-electron chi connectivity index (χ1n) is 7.97. The van der Waals surface area contributed by atoms with Crippen molar-refractivity contribution in [3.8, 4) is 0 Å². The average Bonchev–Trinajstić information content (AvgIpc) is 2.91. The number of rotatable bonds is 7. The second kappa shape index (κ2) is 7.24. The molecule has 0 aromatic heterocycles. The van der Waals surface area contributed by atoms with Crippen LogP contribution in [-0.4, -0.2) is 78.6 Å². The van der Waals surface area contributed by atoms with E-state index < -0.39 is 62.8 Å². The monoisotopic (exact) mass is 418 g/mol. The molecule has 0 aliphatic carbocycles. The van der Waals surface area contributed by atoms with Gasteiger partial charge in [-0.3, -0.25) is 8.37 Å². The quantitative estimate of drug-likeness (QED) is 0.521. The second-order valence-electron chi connectivity index (χ2n) is 7.26. The Labute approximate surface area is 154 Å². The molecule has 2 aliphatic rings. The molecule has 2 aliphatic heterocycles. The van der Waals surface area contributed by atoms with Gasteiger partial charge in [0.05, 0.1) is 25.7 Å². The summed E-state index contributed by atoms with van der Waals surface area (Å²) < 4.78 is 78.7. The van der Waals surface area contributed by atoms with Crippen molar-refractivity contribution in [2.75, 3.05) is 25.7 Å². The van der Waals surface area contributed by atoms with Crippen LogP contribution in [0.5, 0.6) is 0 Å². The molecule has 0 bridgehead atoms. The molecule has 4 atom stereocenters. The summed E-state index contributed by atoms with van der Waals surface area (Å²) in [5.41, 5.74) is 0. The smallest absolute Gasteiger partial charge is 0.264 e. The molecule has 0 N–H and O–H groups in total. The minimum atomic E-state index is -3.92. The molecule has 26 heavy (non-hydrogen) atoms. The fourth-order valence-electron chi connectivity index (χ4n) is 2.86. The van der Waals surface area contributed by atoms with Crippen LogP contribution in [0, 0.1) is 0 Å². The topological polar surface area (TPSA) is 124 Å². The summed E-state index contributed by atoms with van der Waals surface area (Å²) in [6.45, 7) is 6.42. The summed E-state index contributed by atoms with van der Waals surface area (Å²) in [5, 5.41) is 0. The van der Waals surface area contributed by atoms with Crippen LogP contribution in [-0.2, 0) is 47.5 Å². The first-order valence-corrected chi connectivity index (χ1v) is 11.6. The van der Waals surface area contributed by atoms with Crippen LogP contribution < -0.4 is 0 Å². The minimum absolute atomic E-state index is 0.201. The van der Waals surface area contributed by atoms with Crippen LogP contribution in [0.1, 0.15) is 27.7 Å². The first kappa shape index (κ1) is 22.0. The molecule has 0 unspecified atom stereocenters. The molecule has 12 heteroatoms. The van der Waals surface area contributed by atoms with Gasteiger partial charge in [-0.15, -0.1) is 0 Å². The van der Waals surface area contributed by atoms with E-state index in [9.17, 15) is 16.8 Å². The third kappa shape index (κ3) is 6.37. The lowest BCUT2D eigenvalue weighted by Crippen LogP contribution is -2.47. The molecular formula is C14H26O10S2. The maximum Gasteiger partial charge on any atom is 0.264 e. The standard InChI is InChI=1S/C14H26O10S2/c1-13(2)19-7-9(21-13)11-12(23-14(3,4)22-11)10(24-26(6,17)18)8-20-25(5,15)16/h9-12H,7-8H2,1-6H3/t9-,10-,11-,12-/m1/s1. The molecule has 2 heterocycles. The molecular weight excluding hydrogens is 392 g/mol. The van der Waals surface area contributed by atoms with Gasteiger partial charge in [0.15, 0.2) is 11.6 Å². The van der Waals surface area contributed by atoms with Gasteiger partial charge in [0.1, 0.15) is 24.4 Å². The molecule has 0 spiro atoms. The highest BCUT2D eigenvalue weighted by Gasteiger charge is 2.53. The molecule has 0 aromatic rings. The molecule has 0 radical (unpaired) electrons. The van der Waals surface area contributed by atoms with E-state index in [0.717, 1.165) is 12.5 Å². The molecule has 2 rings (SSSR count). The Morgan fingerprint density at radius 3 is 2.04 bits per heavy atom. The lowest BCUT2D eigenvalue weighted by molar-refractivity contribution is -0.175. The zero-order valence-electron chi connectivity index (χ0n) is 15.6. The highest BCUT2D eigenvalue weighted by atomic mass is 32.2. The Kier molecular flexibility index (Phi) is 6.12. The number of hydrogen-bond acceptors (Lipinski definition) is 10. The molecule has 2 fully saturated rings. The van der Waals surface area contributed by atoms with Crippen molar-refractivity contribution in [3.63, 3.8) is 0 Å². The lowest BCUT2D eigenvalue weighted by atomic mass is 10.0. The Morgan fingerprint density at radius 2 is 1.58 bits per heavy atom. The van der Waals surface area contributed by atoms with Gasteiger partial charge in [-0.2, -0.15) is 16.8 Å². The van der Waals surface area contributed by atoms with Crippen molar-refractivity contribution in [2.45, 2.75) is 63.7 Å². The third-order valence-corrected chi connectivity index (χ3v) is 4.83. The molecule has 10 nitrogen and oxygen atoms in total. The molecule has 2 saturated heterocycles. The maximum atomic E-state index is 11.6.